The maximum atomic E-state index is 9.17. The summed E-state index contributed by atoms with van der Waals surface area (Å²) in [6, 6.07) is 9.83. The first-order chi connectivity index (χ1) is 10.3. The van der Waals surface area contributed by atoms with Gasteiger partial charge in [-0.1, -0.05) is 23.7 Å². The minimum Gasteiger partial charge on any atom is -0.395 e. The molecule has 1 N–H and O–H groups in total. The molecule has 1 saturated heterocycles. The van der Waals surface area contributed by atoms with Gasteiger partial charge in [0.2, 0.25) is 0 Å². The maximum Gasteiger partial charge on any atom is 0.159 e. The van der Waals surface area contributed by atoms with Crippen LogP contribution in [0.25, 0.3) is 11.4 Å². The van der Waals surface area contributed by atoms with Crippen molar-refractivity contribution in [2.45, 2.75) is 18.9 Å². The van der Waals surface area contributed by atoms with Crippen LogP contribution < -0.4 is 0 Å². The van der Waals surface area contributed by atoms with E-state index in [9.17, 15) is 0 Å². The van der Waals surface area contributed by atoms with E-state index in [1.807, 2.05) is 30.3 Å². The summed E-state index contributed by atoms with van der Waals surface area (Å²) in [5, 5.41) is 9.85. The number of β-amino-alcohol motifs (C(OH)–C–C–N with tert-alkyl or cyclic N) is 1. The minimum atomic E-state index is 0.183. The molecule has 2 aromatic rings. The number of aliphatic hydroxyl groups is 1. The normalized spacial score (nSPS) is 19.0. The Morgan fingerprint density at radius 3 is 3.05 bits per heavy atom. The number of aliphatic hydroxyl groups excluding tert-OH is 1. The predicted molar refractivity (Wildman–Crippen MR) is 83.1 cm³/mol. The van der Waals surface area contributed by atoms with Crippen LogP contribution in [0.5, 0.6) is 0 Å². The van der Waals surface area contributed by atoms with Crippen LogP contribution in [0, 0.1) is 0 Å². The Bertz CT molecular complexity index is 620. The fourth-order valence-corrected chi connectivity index (χ4v) is 3.07. The highest BCUT2D eigenvalue weighted by molar-refractivity contribution is 6.30. The Labute approximate surface area is 129 Å². The summed E-state index contributed by atoms with van der Waals surface area (Å²) in [6.07, 6.45) is 4.02. The fraction of sp³-hybridized carbons (Fsp3) is 0.375. The summed E-state index contributed by atoms with van der Waals surface area (Å²) < 4.78 is 0. The number of likely N-dealkylation sites (tertiary alicyclic amines) is 1. The molecule has 1 fully saturated rings. The van der Waals surface area contributed by atoms with Gasteiger partial charge >= 0.3 is 0 Å². The van der Waals surface area contributed by atoms with E-state index < -0.39 is 0 Å². The summed E-state index contributed by atoms with van der Waals surface area (Å²) in [7, 11) is 0. The van der Waals surface area contributed by atoms with Crippen LogP contribution in [0.1, 0.15) is 24.6 Å². The fourth-order valence-electron chi connectivity index (χ4n) is 2.88. The summed E-state index contributed by atoms with van der Waals surface area (Å²) in [6.45, 7) is 1.89. The molecule has 2 heterocycles. The van der Waals surface area contributed by atoms with Crippen molar-refractivity contribution in [3.05, 3.63) is 47.2 Å². The Kier molecular flexibility index (Phi) is 4.48. The van der Waals surface area contributed by atoms with Crippen molar-refractivity contribution in [1.82, 2.24) is 14.9 Å². The van der Waals surface area contributed by atoms with Gasteiger partial charge in [-0.3, -0.25) is 4.90 Å². The van der Waals surface area contributed by atoms with Crippen molar-refractivity contribution in [1.29, 1.82) is 0 Å². The molecule has 0 saturated carbocycles. The Hall–Kier alpha value is -1.49. The number of hydrogen-bond acceptors (Lipinski definition) is 4. The van der Waals surface area contributed by atoms with Crippen LogP contribution in [-0.4, -0.2) is 39.7 Å². The summed E-state index contributed by atoms with van der Waals surface area (Å²) >= 11 is 6.03. The lowest BCUT2D eigenvalue weighted by Gasteiger charge is -2.23. The number of hydrogen-bond donors (Lipinski definition) is 1. The smallest absolute Gasteiger partial charge is 0.159 e. The molecule has 0 aliphatic carbocycles. The van der Waals surface area contributed by atoms with E-state index in [2.05, 4.69) is 9.88 Å². The lowest BCUT2D eigenvalue weighted by Crippen LogP contribution is -2.27. The van der Waals surface area contributed by atoms with Gasteiger partial charge in [-0.15, -0.1) is 0 Å². The van der Waals surface area contributed by atoms with Gasteiger partial charge in [0, 0.05) is 23.3 Å². The van der Waals surface area contributed by atoms with Gasteiger partial charge in [-0.2, -0.15) is 0 Å². The Morgan fingerprint density at radius 2 is 2.24 bits per heavy atom. The lowest BCUT2D eigenvalue weighted by molar-refractivity contribution is 0.183. The molecule has 21 heavy (non-hydrogen) atoms. The zero-order valence-electron chi connectivity index (χ0n) is 11.7. The van der Waals surface area contributed by atoms with Crippen LogP contribution >= 0.6 is 11.6 Å². The molecule has 5 heteroatoms. The highest BCUT2D eigenvalue weighted by Crippen LogP contribution is 2.31. The zero-order valence-corrected chi connectivity index (χ0v) is 12.5. The van der Waals surface area contributed by atoms with E-state index in [1.54, 1.807) is 6.20 Å². The third kappa shape index (κ3) is 3.23. The van der Waals surface area contributed by atoms with E-state index in [0.717, 1.165) is 30.6 Å². The van der Waals surface area contributed by atoms with Crippen molar-refractivity contribution in [2.75, 3.05) is 19.7 Å². The number of rotatable bonds is 4. The van der Waals surface area contributed by atoms with Crippen LogP contribution in [0.4, 0.5) is 0 Å². The molecular weight excluding hydrogens is 286 g/mol. The second-order valence-corrected chi connectivity index (χ2v) is 5.67. The van der Waals surface area contributed by atoms with Crippen molar-refractivity contribution < 1.29 is 5.11 Å². The number of halogens is 1. The number of aromatic nitrogens is 2. The van der Waals surface area contributed by atoms with Gasteiger partial charge in [-0.25, -0.2) is 9.97 Å². The monoisotopic (exact) mass is 303 g/mol. The average molecular weight is 304 g/mol. The van der Waals surface area contributed by atoms with Gasteiger partial charge in [0.25, 0.3) is 0 Å². The molecule has 0 spiro atoms. The van der Waals surface area contributed by atoms with Gasteiger partial charge in [0.1, 0.15) is 0 Å². The second kappa shape index (κ2) is 6.52. The molecule has 1 aliphatic rings. The highest BCUT2D eigenvalue weighted by atomic mass is 35.5. The summed E-state index contributed by atoms with van der Waals surface area (Å²) in [5.41, 5.74) is 1.95. The molecule has 3 rings (SSSR count). The van der Waals surface area contributed by atoms with Crippen molar-refractivity contribution in [3.63, 3.8) is 0 Å². The lowest BCUT2D eigenvalue weighted by atomic mass is 10.1. The average Bonchev–Trinajstić information content (AvgIpc) is 2.96. The highest BCUT2D eigenvalue weighted by Gasteiger charge is 2.26. The molecule has 110 valence electrons. The number of nitrogens with zero attached hydrogens (tertiary/aromatic N) is 3. The van der Waals surface area contributed by atoms with Gasteiger partial charge in [0.05, 0.1) is 18.3 Å². The first-order valence-corrected chi connectivity index (χ1v) is 7.59. The molecule has 1 aliphatic heterocycles. The minimum absolute atomic E-state index is 0.183. The van der Waals surface area contributed by atoms with Crippen LogP contribution in [0.15, 0.2) is 36.5 Å². The van der Waals surface area contributed by atoms with Gasteiger partial charge in [0.15, 0.2) is 5.82 Å². The molecule has 1 aromatic heterocycles. The molecule has 0 radical (unpaired) electrons. The van der Waals surface area contributed by atoms with E-state index in [1.165, 1.54) is 0 Å². The van der Waals surface area contributed by atoms with Gasteiger partial charge < -0.3 is 5.11 Å². The predicted octanol–water partition coefficient (Wildman–Crippen LogP) is 2.93. The molecule has 1 unspecified atom stereocenters. The summed E-state index contributed by atoms with van der Waals surface area (Å²) in [4.78, 5) is 11.3. The third-order valence-electron chi connectivity index (χ3n) is 3.85. The zero-order chi connectivity index (χ0) is 14.7. The molecule has 1 aromatic carbocycles. The topological polar surface area (TPSA) is 49.2 Å². The largest absolute Gasteiger partial charge is 0.395 e. The second-order valence-electron chi connectivity index (χ2n) is 5.23. The first-order valence-electron chi connectivity index (χ1n) is 7.22. The van der Waals surface area contributed by atoms with Crippen LogP contribution in [0.3, 0.4) is 0 Å². The Morgan fingerprint density at radius 1 is 1.33 bits per heavy atom. The summed E-state index contributed by atoms with van der Waals surface area (Å²) in [5.74, 6) is 0.700. The maximum absolute atomic E-state index is 9.17. The Balaban J connectivity index is 1.89. The molecule has 4 nitrogen and oxygen atoms in total. The first kappa shape index (κ1) is 14.4. The van der Waals surface area contributed by atoms with E-state index in [0.29, 0.717) is 17.4 Å². The SMILES string of the molecule is OCCN1CCCC1c1ccnc(-c2cccc(Cl)c2)n1. The van der Waals surface area contributed by atoms with Crippen molar-refractivity contribution in [3.8, 4) is 11.4 Å². The molecular formula is C16H18ClN3O. The van der Waals surface area contributed by atoms with Crippen molar-refractivity contribution in [2.24, 2.45) is 0 Å². The van der Waals surface area contributed by atoms with E-state index in [4.69, 9.17) is 21.7 Å². The van der Waals surface area contributed by atoms with Crippen LogP contribution in [-0.2, 0) is 0 Å². The molecule has 0 bridgehead atoms. The molecule has 1 atom stereocenters. The van der Waals surface area contributed by atoms with E-state index in [-0.39, 0.29) is 12.6 Å². The standard InChI is InChI=1S/C16H18ClN3O/c17-13-4-1-3-12(11-13)16-18-7-6-14(19-16)15-5-2-8-20(15)9-10-21/h1,3-4,6-7,11,15,21H,2,5,8-10H2. The number of benzene rings is 1. The molecule has 0 amide bonds. The van der Waals surface area contributed by atoms with Gasteiger partial charge in [-0.05, 0) is 37.6 Å². The van der Waals surface area contributed by atoms with Crippen molar-refractivity contribution >= 4 is 11.6 Å². The quantitative estimate of drug-likeness (QED) is 0.943. The third-order valence-corrected chi connectivity index (χ3v) is 4.09. The van der Waals surface area contributed by atoms with E-state index >= 15 is 0 Å². The van der Waals surface area contributed by atoms with Crippen LogP contribution in [0.2, 0.25) is 5.02 Å².